The van der Waals surface area contributed by atoms with Gasteiger partial charge >= 0.3 is 0 Å². The van der Waals surface area contributed by atoms with Crippen LogP contribution in [0.4, 0.5) is 0 Å². The zero-order valence-electron chi connectivity index (χ0n) is 12.7. The minimum absolute atomic E-state index is 0. The minimum atomic E-state index is 0. The van der Waals surface area contributed by atoms with Crippen LogP contribution in [-0.4, -0.2) is 25.7 Å². The molecule has 0 radical (unpaired) electrons. The van der Waals surface area contributed by atoms with Crippen molar-refractivity contribution in [1.29, 1.82) is 0 Å². The van der Waals surface area contributed by atoms with Crippen molar-refractivity contribution >= 4 is 29.9 Å². The molecule has 1 atom stereocenters. The van der Waals surface area contributed by atoms with Gasteiger partial charge in [-0.1, -0.05) is 18.2 Å². The van der Waals surface area contributed by atoms with Crippen molar-refractivity contribution in [2.75, 3.05) is 14.1 Å². The summed E-state index contributed by atoms with van der Waals surface area (Å²) in [5, 5.41) is 6.63. The van der Waals surface area contributed by atoms with Crippen LogP contribution in [0.5, 0.6) is 5.75 Å². The van der Waals surface area contributed by atoms with Crippen molar-refractivity contribution in [2.24, 2.45) is 4.99 Å². The fourth-order valence-corrected chi connectivity index (χ4v) is 3.49. The van der Waals surface area contributed by atoms with E-state index in [1.807, 2.05) is 7.05 Å². The van der Waals surface area contributed by atoms with E-state index in [1.165, 1.54) is 18.4 Å². The molecule has 1 aliphatic carbocycles. The number of guanidine groups is 1. The molecule has 1 fully saturated rings. The summed E-state index contributed by atoms with van der Waals surface area (Å²) in [5.41, 5.74) is 1.26. The van der Waals surface area contributed by atoms with Gasteiger partial charge in [0.05, 0.1) is 6.04 Å². The van der Waals surface area contributed by atoms with E-state index in [4.69, 9.17) is 4.74 Å². The molecule has 1 aliphatic heterocycles. The lowest BCUT2D eigenvalue weighted by Gasteiger charge is -2.40. The molecular formula is C16H24IN3O. The summed E-state index contributed by atoms with van der Waals surface area (Å²) in [5.74, 6) is 1.87. The predicted molar refractivity (Wildman–Crippen MR) is 96.6 cm³/mol. The Bertz CT molecular complexity index is 512. The minimum Gasteiger partial charge on any atom is -0.487 e. The first-order chi connectivity index (χ1) is 9.76. The Morgan fingerprint density at radius 3 is 2.67 bits per heavy atom. The fraction of sp³-hybridized carbons (Fsp3) is 0.562. The molecule has 1 unspecified atom stereocenters. The van der Waals surface area contributed by atoms with Crippen molar-refractivity contribution in [2.45, 2.75) is 43.7 Å². The first-order valence-electron chi connectivity index (χ1n) is 7.45. The summed E-state index contributed by atoms with van der Waals surface area (Å²) in [6.45, 7) is 0. The van der Waals surface area contributed by atoms with Crippen molar-refractivity contribution in [3.8, 4) is 5.75 Å². The van der Waals surface area contributed by atoms with Crippen LogP contribution in [0.3, 0.4) is 0 Å². The molecular weight excluding hydrogens is 377 g/mol. The number of nitrogens with one attached hydrogen (secondary N) is 2. The van der Waals surface area contributed by atoms with Crippen LogP contribution < -0.4 is 15.4 Å². The molecule has 116 valence electrons. The van der Waals surface area contributed by atoms with Gasteiger partial charge in [-0.2, -0.15) is 0 Å². The summed E-state index contributed by atoms with van der Waals surface area (Å²) >= 11 is 0. The zero-order valence-corrected chi connectivity index (χ0v) is 15.0. The van der Waals surface area contributed by atoms with E-state index in [9.17, 15) is 0 Å². The highest BCUT2D eigenvalue weighted by atomic mass is 127. The van der Waals surface area contributed by atoms with Crippen LogP contribution >= 0.6 is 24.0 Å². The van der Waals surface area contributed by atoms with Gasteiger partial charge < -0.3 is 15.4 Å². The van der Waals surface area contributed by atoms with Gasteiger partial charge in [0.2, 0.25) is 0 Å². The maximum Gasteiger partial charge on any atom is 0.191 e. The van der Waals surface area contributed by atoms with Gasteiger partial charge in [0, 0.05) is 26.1 Å². The number of ether oxygens (including phenoxy) is 1. The fourth-order valence-electron chi connectivity index (χ4n) is 3.49. The highest BCUT2D eigenvalue weighted by Gasteiger charge is 2.43. The molecule has 5 heteroatoms. The lowest BCUT2D eigenvalue weighted by molar-refractivity contribution is 0.0396. The molecule has 3 rings (SSSR count). The molecule has 0 aromatic heterocycles. The second kappa shape index (κ2) is 6.85. The van der Waals surface area contributed by atoms with E-state index in [-0.39, 0.29) is 35.6 Å². The average molecular weight is 401 g/mol. The Hall–Kier alpha value is -0.980. The second-order valence-corrected chi connectivity index (χ2v) is 5.75. The SMILES string of the molecule is CN=C(NC)NC1CC2(CCCC2)Oc2ccccc21.I. The Kier molecular flexibility index (Phi) is 5.35. The maximum absolute atomic E-state index is 6.36. The van der Waals surface area contributed by atoms with Gasteiger partial charge in [0.1, 0.15) is 11.4 Å². The van der Waals surface area contributed by atoms with E-state index in [2.05, 4.69) is 39.9 Å². The number of benzene rings is 1. The molecule has 0 amide bonds. The monoisotopic (exact) mass is 401 g/mol. The third-order valence-corrected chi connectivity index (χ3v) is 4.48. The number of halogens is 1. The highest BCUT2D eigenvalue weighted by molar-refractivity contribution is 14.0. The zero-order chi connectivity index (χ0) is 14.0. The van der Waals surface area contributed by atoms with Gasteiger partial charge in [-0.15, -0.1) is 24.0 Å². The second-order valence-electron chi connectivity index (χ2n) is 5.75. The van der Waals surface area contributed by atoms with Gasteiger partial charge in [-0.3, -0.25) is 4.99 Å². The summed E-state index contributed by atoms with van der Waals surface area (Å²) in [4.78, 5) is 4.24. The van der Waals surface area contributed by atoms with Crippen LogP contribution in [0.2, 0.25) is 0 Å². The molecule has 1 saturated carbocycles. The number of aliphatic imine (C=N–C) groups is 1. The predicted octanol–water partition coefficient (Wildman–Crippen LogP) is 3.24. The number of hydrogen-bond acceptors (Lipinski definition) is 2. The molecule has 21 heavy (non-hydrogen) atoms. The van der Waals surface area contributed by atoms with E-state index in [1.54, 1.807) is 7.05 Å². The molecule has 1 aromatic carbocycles. The quantitative estimate of drug-likeness (QED) is 0.432. The first kappa shape index (κ1) is 16.4. The van der Waals surface area contributed by atoms with E-state index >= 15 is 0 Å². The number of rotatable bonds is 1. The standard InChI is InChI=1S/C16H23N3O.HI/c1-17-15(18-2)19-13-11-16(9-5-6-10-16)20-14-8-4-3-7-12(13)14;/h3-4,7-8,13H,5-6,9-11H2,1-2H3,(H2,17,18,19);1H. The molecule has 1 spiro atoms. The lowest BCUT2D eigenvalue weighted by atomic mass is 9.86. The summed E-state index contributed by atoms with van der Waals surface area (Å²) < 4.78 is 6.36. The summed E-state index contributed by atoms with van der Waals surface area (Å²) in [6.07, 6.45) is 5.89. The van der Waals surface area contributed by atoms with Gasteiger partial charge in [0.15, 0.2) is 5.96 Å². The van der Waals surface area contributed by atoms with Crippen LogP contribution in [-0.2, 0) is 0 Å². The Balaban J connectivity index is 0.00000161. The first-order valence-corrected chi connectivity index (χ1v) is 7.45. The number of para-hydroxylation sites is 1. The third-order valence-electron chi connectivity index (χ3n) is 4.48. The van der Waals surface area contributed by atoms with E-state index in [0.717, 1.165) is 31.0 Å². The molecule has 1 heterocycles. The van der Waals surface area contributed by atoms with Crippen molar-refractivity contribution in [3.05, 3.63) is 29.8 Å². The maximum atomic E-state index is 6.36. The molecule has 4 nitrogen and oxygen atoms in total. The number of fused-ring (bicyclic) bond motifs is 1. The van der Waals surface area contributed by atoms with Crippen LogP contribution in [0.25, 0.3) is 0 Å². The number of nitrogens with zero attached hydrogens (tertiary/aromatic N) is 1. The largest absolute Gasteiger partial charge is 0.487 e. The van der Waals surface area contributed by atoms with Crippen LogP contribution in [0.15, 0.2) is 29.3 Å². The molecule has 1 aromatic rings. The van der Waals surface area contributed by atoms with Crippen LogP contribution in [0.1, 0.15) is 43.7 Å². The van der Waals surface area contributed by atoms with E-state index < -0.39 is 0 Å². The van der Waals surface area contributed by atoms with Crippen molar-refractivity contribution in [1.82, 2.24) is 10.6 Å². The van der Waals surface area contributed by atoms with E-state index in [0.29, 0.717) is 0 Å². The number of hydrogen-bond donors (Lipinski definition) is 2. The Labute approximate surface area is 143 Å². The summed E-state index contributed by atoms with van der Waals surface area (Å²) in [7, 11) is 3.70. The lowest BCUT2D eigenvalue weighted by Crippen LogP contribution is -2.45. The van der Waals surface area contributed by atoms with Gasteiger partial charge in [-0.25, -0.2) is 0 Å². The Morgan fingerprint density at radius 2 is 2.00 bits per heavy atom. The van der Waals surface area contributed by atoms with Crippen molar-refractivity contribution < 1.29 is 4.74 Å². The summed E-state index contributed by atoms with van der Waals surface area (Å²) in [6, 6.07) is 8.63. The molecule has 0 saturated heterocycles. The van der Waals surface area contributed by atoms with Gasteiger partial charge in [-0.05, 0) is 31.7 Å². The molecule has 2 N–H and O–H groups in total. The molecule has 0 bridgehead atoms. The Morgan fingerprint density at radius 1 is 1.29 bits per heavy atom. The highest BCUT2D eigenvalue weighted by Crippen LogP contribution is 2.46. The smallest absolute Gasteiger partial charge is 0.191 e. The van der Waals surface area contributed by atoms with Gasteiger partial charge in [0.25, 0.3) is 0 Å². The molecule has 2 aliphatic rings. The average Bonchev–Trinajstić information content (AvgIpc) is 2.92. The van der Waals surface area contributed by atoms with Crippen LogP contribution in [0, 0.1) is 0 Å². The topological polar surface area (TPSA) is 45.7 Å². The third kappa shape index (κ3) is 3.27. The normalized spacial score (nSPS) is 23.0. The van der Waals surface area contributed by atoms with Crippen molar-refractivity contribution in [3.63, 3.8) is 0 Å².